The lowest BCUT2D eigenvalue weighted by Crippen LogP contribution is -1.98. The summed E-state index contributed by atoms with van der Waals surface area (Å²) in [7, 11) is 0. The van der Waals surface area contributed by atoms with E-state index in [0.717, 1.165) is 25.7 Å². The third kappa shape index (κ3) is 40.7. The summed E-state index contributed by atoms with van der Waals surface area (Å²) in [6, 6.07) is 0. The molecule has 0 aliphatic heterocycles. The fourth-order valence-electron chi connectivity index (χ4n) is 6.71. The number of hydrogen-bond donors (Lipinski definition) is 1. The second kappa shape index (κ2) is 39.9. The van der Waals surface area contributed by atoms with E-state index >= 15 is 0 Å². The van der Waals surface area contributed by atoms with Crippen LogP contribution in [-0.4, -0.2) is 17.0 Å². The number of carbonyl (C=O) groups is 2. The summed E-state index contributed by atoms with van der Waals surface area (Å²) in [5.41, 5.74) is 0. The molecule has 0 saturated heterocycles. The maximum atomic E-state index is 11.2. The Bertz CT molecular complexity index is 631. The molecule has 0 rings (SSSR count). The van der Waals surface area contributed by atoms with E-state index in [-0.39, 0.29) is 5.97 Å². The van der Waals surface area contributed by atoms with Crippen LogP contribution in [0.3, 0.4) is 0 Å². The summed E-state index contributed by atoms with van der Waals surface area (Å²) in [6.45, 7) is 3.41. The van der Waals surface area contributed by atoms with Gasteiger partial charge in [0.15, 0.2) is 0 Å². The molecule has 0 spiro atoms. The quantitative estimate of drug-likeness (QED) is 0.0408. The summed E-state index contributed by atoms with van der Waals surface area (Å²) < 4.78 is 4.74. The van der Waals surface area contributed by atoms with Crippen LogP contribution in [0.15, 0.2) is 12.8 Å². The first-order valence-corrected chi connectivity index (χ1v) is 20.7. The first kappa shape index (κ1) is 44.7. The van der Waals surface area contributed by atoms with E-state index < -0.39 is 5.97 Å². The predicted octanol–water partition coefficient (Wildman–Crippen LogP) is 14.6. The van der Waals surface area contributed by atoms with E-state index in [4.69, 9.17) is 9.84 Å². The van der Waals surface area contributed by atoms with Crippen LogP contribution in [0.1, 0.15) is 244 Å². The van der Waals surface area contributed by atoms with Gasteiger partial charge in [-0.2, -0.15) is 0 Å². The highest BCUT2D eigenvalue weighted by molar-refractivity contribution is 5.69. The van der Waals surface area contributed by atoms with Crippen molar-refractivity contribution in [3.8, 4) is 0 Å². The van der Waals surface area contributed by atoms with Crippen molar-refractivity contribution in [3.05, 3.63) is 12.8 Å². The molecular weight excluding hydrogens is 568 g/mol. The molecule has 4 heteroatoms. The van der Waals surface area contributed by atoms with Gasteiger partial charge in [-0.25, -0.2) is 0 Å². The largest absolute Gasteiger partial charge is 0.481 e. The Morgan fingerprint density at radius 3 is 0.696 bits per heavy atom. The zero-order valence-electron chi connectivity index (χ0n) is 30.8. The topological polar surface area (TPSA) is 63.6 Å². The molecule has 0 aromatic heterocycles. The number of aliphatic carboxylic acids is 1. The van der Waals surface area contributed by atoms with Crippen LogP contribution < -0.4 is 0 Å². The Morgan fingerprint density at radius 1 is 0.348 bits per heavy atom. The standard InChI is InChI=1S/C42H80O4/c1-2-46-42(45)40-38-36-34-32-30-28-26-24-22-20-18-16-14-12-10-8-6-4-3-5-7-9-11-13-15-17-19-21-23-25-27-29-31-33-35-37-39-41(43)44/h2H,1,3-40H2,(H,43,44). The normalized spacial score (nSPS) is 11.2. The molecule has 0 unspecified atom stereocenters. The molecule has 0 amide bonds. The molecule has 272 valence electrons. The molecule has 0 bridgehead atoms. The van der Waals surface area contributed by atoms with Crippen molar-refractivity contribution in [1.82, 2.24) is 0 Å². The van der Waals surface area contributed by atoms with Gasteiger partial charge < -0.3 is 9.84 Å². The van der Waals surface area contributed by atoms with Crippen LogP contribution >= 0.6 is 0 Å². The van der Waals surface area contributed by atoms with Crippen molar-refractivity contribution < 1.29 is 19.4 Å². The van der Waals surface area contributed by atoms with Crippen molar-refractivity contribution in [1.29, 1.82) is 0 Å². The van der Waals surface area contributed by atoms with Crippen LogP contribution in [0.25, 0.3) is 0 Å². The van der Waals surface area contributed by atoms with E-state index in [0.29, 0.717) is 12.8 Å². The maximum Gasteiger partial charge on any atom is 0.310 e. The Kier molecular flexibility index (Phi) is 38.7. The number of carboxylic acid groups (broad SMARTS) is 1. The molecule has 0 atom stereocenters. The number of carboxylic acids is 1. The molecule has 0 aliphatic carbocycles. The van der Waals surface area contributed by atoms with Crippen LogP contribution in [0.4, 0.5) is 0 Å². The number of esters is 1. The number of hydrogen-bond acceptors (Lipinski definition) is 3. The minimum Gasteiger partial charge on any atom is -0.481 e. The highest BCUT2D eigenvalue weighted by Crippen LogP contribution is 2.17. The van der Waals surface area contributed by atoms with Gasteiger partial charge in [0, 0.05) is 12.8 Å². The van der Waals surface area contributed by atoms with Crippen molar-refractivity contribution in [3.63, 3.8) is 0 Å². The van der Waals surface area contributed by atoms with Crippen LogP contribution in [0.5, 0.6) is 0 Å². The Hall–Kier alpha value is -1.32. The molecule has 0 saturated carbocycles. The van der Waals surface area contributed by atoms with Crippen LogP contribution in [-0.2, 0) is 14.3 Å². The van der Waals surface area contributed by atoms with Gasteiger partial charge in [-0.3, -0.25) is 9.59 Å². The maximum absolute atomic E-state index is 11.2. The molecule has 0 aliphatic rings. The second-order valence-corrected chi connectivity index (χ2v) is 14.3. The minimum atomic E-state index is -0.652. The third-order valence-electron chi connectivity index (χ3n) is 9.74. The third-order valence-corrected chi connectivity index (χ3v) is 9.74. The first-order valence-electron chi connectivity index (χ1n) is 20.7. The summed E-state index contributed by atoms with van der Waals surface area (Å²) in [6.07, 6.45) is 51.1. The zero-order valence-corrected chi connectivity index (χ0v) is 30.8. The smallest absolute Gasteiger partial charge is 0.310 e. The Labute approximate surface area is 287 Å². The first-order chi connectivity index (χ1) is 22.7. The molecule has 46 heavy (non-hydrogen) atoms. The second-order valence-electron chi connectivity index (χ2n) is 14.3. The lowest BCUT2D eigenvalue weighted by molar-refractivity contribution is -0.138. The van der Waals surface area contributed by atoms with Gasteiger partial charge >= 0.3 is 11.9 Å². The SMILES string of the molecule is C=COC(=O)CCCCCCCCCCCCCCCCCCCCCCCCCCCCCCCCCCCCCCC(=O)O. The number of unbranched alkanes of at least 4 members (excludes halogenated alkanes) is 35. The van der Waals surface area contributed by atoms with E-state index in [9.17, 15) is 9.59 Å². The predicted molar refractivity (Wildman–Crippen MR) is 199 cm³/mol. The van der Waals surface area contributed by atoms with E-state index in [1.165, 1.54) is 212 Å². The van der Waals surface area contributed by atoms with Gasteiger partial charge in [0.25, 0.3) is 0 Å². The minimum absolute atomic E-state index is 0.148. The molecular formula is C42H80O4. The average molecular weight is 649 g/mol. The molecule has 0 aromatic carbocycles. The van der Waals surface area contributed by atoms with Gasteiger partial charge in [-0.15, -0.1) is 0 Å². The molecule has 0 fully saturated rings. The summed E-state index contributed by atoms with van der Waals surface area (Å²) in [4.78, 5) is 21.7. The average Bonchev–Trinajstić information content (AvgIpc) is 3.04. The van der Waals surface area contributed by atoms with Gasteiger partial charge in [-0.1, -0.05) is 225 Å². The van der Waals surface area contributed by atoms with Gasteiger partial charge in [0.1, 0.15) is 0 Å². The number of carbonyl (C=O) groups excluding carboxylic acids is 1. The summed E-state index contributed by atoms with van der Waals surface area (Å²) in [5, 5.41) is 8.65. The number of ether oxygens (including phenoxy) is 1. The molecule has 0 heterocycles. The van der Waals surface area contributed by atoms with E-state index in [1.54, 1.807) is 0 Å². The van der Waals surface area contributed by atoms with Crippen LogP contribution in [0, 0.1) is 0 Å². The van der Waals surface area contributed by atoms with Crippen LogP contribution in [0.2, 0.25) is 0 Å². The highest BCUT2D eigenvalue weighted by atomic mass is 16.5. The monoisotopic (exact) mass is 649 g/mol. The van der Waals surface area contributed by atoms with Crippen molar-refractivity contribution in [2.24, 2.45) is 0 Å². The highest BCUT2D eigenvalue weighted by Gasteiger charge is 2.01. The summed E-state index contributed by atoms with van der Waals surface area (Å²) in [5.74, 6) is -0.800. The lowest BCUT2D eigenvalue weighted by atomic mass is 10.0. The molecule has 4 nitrogen and oxygen atoms in total. The van der Waals surface area contributed by atoms with E-state index in [1.807, 2.05) is 0 Å². The summed E-state index contributed by atoms with van der Waals surface area (Å²) >= 11 is 0. The molecule has 0 radical (unpaired) electrons. The molecule has 1 N–H and O–H groups in total. The number of rotatable bonds is 40. The van der Waals surface area contributed by atoms with Gasteiger partial charge in [0.2, 0.25) is 0 Å². The molecule has 0 aromatic rings. The van der Waals surface area contributed by atoms with Crippen molar-refractivity contribution in [2.75, 3.05) is 0 Å². The van der Waals surface area contributed by atoms with Crippen molar-refractivity contribution >= 4 is 11.9 Å². The zero-order chi connectivity index (χ0) is 33.4. The fourth-order valence-corrected chi connectivity index (χ4v) is 6.71. The van der Waals surface area contributed by atoms with E-state index in [2.05, 4.69) is 6.58 Å². The van der Waals surface area contributed by atoms with Gasteiger partial charge in [0.05, 0.1) is 6.26 Å². The fraction of sp³-hybridized carbons (Fsp3) is 0.905. The Morgan fingerprint density at radius 2 is 0.522 bits per heavy atom. The van der Waals surface area contributed by atoms with Gasteiger partial charge in [-0.05, 0) is 12.8 Å². The van der Waals surface area contributed by atoms with Crippen molar-refractivity contribution in [2.45, 2.75) is 244 Å². The lowest BCUT2D eigenvalue weighted by Gasteiger charge is -2.05. The Balaban J connectivity index is 3.07.